The average molecular weight is 286 g/mol. The van der Waals surface area contributed by atoms with Crippen LogP contribution in [0.5, 0.6) is 5.75 Å². The van der Waals surface area contributed by atoms with Crippen molar-refractivity contribution in [3.63, 3.8) is 0 Å². The third-order valence-electron chi connectivity index (χ3n) is 2.69. The van der Waals surface area contributed by atoms with Crippen LogP contribution in [0.25, 0.3) is 11.0 Å². The van der Waals surface area contributed by atoms with Crippen molar-refractivity contribution in [2.75, 3.05) is 0 Å². The van der Waals surface area contributed by atoms with Crippen LogP contribution in [-0.4, -0.2) is 11.8 Å². The van der Waals surface area contributed by atoms with Crippen molar-refractivity contribution in [1.29, 1.82) is 5.41 Å². The van der Waals surface area contributed by atoms with Gasteiger partial charge >= 0.3 is 5.97 Å². The monoisotopic (exact) mass is 286 g/mol. The van der Waals surface area contributed by atoms with Crippen LogP contribution in [0.15, 0.2) is 46.2 Å². The number of nitrogen functional groups attached to an aromatic ring is 1. The number of furan rings is 1. The Balaban J connectivity index is 1.89. The largest absolute Gasteiger partial charge is 0.453 e. The summed E-state index contributed by atoms with van der Waals surface area (Å²) in [6, 6.07) is 10.2. The van der Waals surface area contributed by atoms with Crippen LogP contribution < -0.4 is 10.5 Å². The highest BCUT2D eigenvalue weighted by atomic mass is 32.1. The molecule has 0 fully saturated rings. The zero-order valence-corrected chi connectivity index (χ0v) is 11.1. The molecule has 0 radical (unpaired) electrons. The van der Waals surface area contributed by atoms with Gasteiger partial charge < -0.3 is 14.9 Å². The van der Waals surface area contributed by atoms with E-state index < -0.39 is 5.97 Å². The molecule has 0 amide bonds. The highest BCUT2D eigenvalue weighted by molar-refractivity contribution is 7.12. The van der Waals surface area contributed by atoms with Crippen LogP contribution in [0.2, 0.25) is 0 Å². The van der Waals surface area contributed by atoms with Crippen molar-refractivity contribution in [3.8, 4) is 5.75 Å². The zero-order valence-electron chi connectivity index (χ0n) is 10.3. The summed E-state index contributed by atoms with van der Waals surface area (Å²) >= 11 is 1.32. The minimum absolute atomic E-state index is 0.140. The third-order valence-corrected chi connectivity index (χ3v) is 3.54. The Morgan fingerprint density at radius 2 is 2.15 bits per heavy atom. The van der Waals surface area contributed by atoms with Crippen LogP contribution in [-0.2, 0) is 0 Å². The lowest BCUT2D eigenvalue weighted by atomic mass is 10.2. The van der Waals surface area contributed by atoms with E-state index in [-0.39, 0.29) is 5.84 Å². The van der Waals surface area contributed by atoms with Gasteiger partial charge in [0.25, 0.3) is 0 Å². The molecule has 0 saturated heterocycles. The van der Waals surface area contributed by atoms with Gasteiger partial charge in [-0.05, 0) is 29.6 Å². The Labute approximate surface area is 118 Å². The van der Waals surface area contributed by atoms with Gasteiger partial charge in [-0.2, -0.15) is 0 Å². The van der Waals surface area contributed by atoms with E-state index in [9.17, 15) is 4.79 Å². The fourth-order valence-electron chi connectivity index (χ4n) is 1.76. The normalized spacial score (nSPS) is 10.6. The van der Waals surface area contributed by atoms with E-state index in [0.29, 0.717) is 22.0 Å². The Morgan fingerprint density at radius 1 is 1.30 bits per heavy atom. The number of amidine groups is 1. The van der Waals surface area contributed by atoms with Crippen LogP contribution in [0.4, 0.5) is 0 Å². The molecular weight excluding hydrogens is 276 g/mol. The molecule has 20 heavy (non-hydrogen) atoms. The number of hydrogen-bond acceptors (Lipinski definition) is 5. The predicted molar refractivity (Wildman–Crippen MR) is 76.5 cm³/mol. The van der Waals surface area contributed by atoms with Gasteiger partial charge in [0.05, 0.1) is 0 Å². The van der Waals surface area contributed by atoms with Crippen molar-refractivity contribution < 1.29 is 13.9 Å². The van der Waals surface area contributed by atoms with E-state index in [4.69, 9.17) is 20.3 Å². The van der Waals surface area contributed by atoms with Gasteiger partial charge in [0.15, 0.2) is 11.6 Å². The molecule has 0 aliphatic rings. The fraction of sp³-hybridized carbons (Fsp3) is 0. The summed E-state index contributed by atoms with van der Waals surface area (Å²) in [6.45, 7) is 0. The van der Waals surface area contributed by atoms with Gasteiger partial charge in [0.1, 0.15) is 16.2 Å². The molecule has 0 saturated carbocycles. The maximum atomic E-state index is 11.8. The molecule has 0 atom stereocenters. The number of carbonyl (C=O) groups is 1. The lowest BCUT2D eigenvalue weighted by molar-refractivity contribution is 0.0740. The van der Waals surface area contributed by atoms with Gasteiger partial charge in [0, 0.05) is 11.5 Å². The maximum Gasteiger partial charge on any atom is 0.353 e. The van der Waals surface area contributed by atoms with E-state index >= 15 is 0 Å². The Bertz CT molecular complexity index is 790. The first-order valence-corrected chi connectivity index (χ1v) is 6.65. The van der Waals surface area contributed by atoms with Crippen LogP contribution in [0.3, 0.4) is 0 Å². The molecule has 3 aromatic rings. The molecule has 0 aliphatic heterocycles. The van der Waals surface area contributed by atoms with Crippen molar-refractivity contribution in [1.82, 2.24) is 0 Å². The van der Waals surface area contributed by atoms with Gasteiger partial charge in [-0.25, -0.2) is 4.79 Å². The SMILES string of the molecule is N=C(N)c1cc2ccc(OC(=O)c3cccs3)cc2o1. The Hall–Kier alpha value is -2.60. The summed E-state index contributed by atoms with van der Waals surface area (Å²) in [5.41, 5.74) is 5.89. The molecule has 100 valence electrons. The molecule has 0 unspecified atom stereocenters. The van der Waals surface area contributed by atoms with E-state index in [1.807, 2.05) is 5.38 Å². The predicted octanol–water partition coefficient (Wildman–Crippen LogP) is 3.00. The molecule has 3 rings (SSSR count). The fourth-order valence-corrected chi connectivity index (χ4v) is 2.36. The second-order valence-corrected chi connectivity index (χ2v) is 5.04. The summed E-state index contributed by atoms with van der Waals surface area (Å²) in [6.07, 6.45) is 0. The van der Waals surface area contributed by atoms with E-state index in [1.54, 1.807) is 36.4 Å². The molecule has 5 nitrogen and oxygen atoms in total. The average Bonchev–Trinajstić information content (AvgIpc) is 3.07. The smallest absolute Gasteiger partial charge is 0.353 e. The highest BCUT2D eigenvalue weighted by Crippen LogP contribution is 2.25. The van der Waals surface area contributed by atoms with Crippen molar-refractivity contribution in [2.24, 2.45) is 5.73 Å². The quantitative estimate of drug-likeness (QED) is 0.335. The molecule has 6 heteroatoms. The maximum absolute atomic E-state index is 11.8. The second kappa shape index (κ2) is 4.82. The molecule has 1 aromatic carbocycles. The summed E-state index contributed by atoms with van der Waals surface area (Å²) in [7, 11) is 0. The van der Waals surface area contributed by atoms with Crippen molar-refractivity contribution in [2.45, 2.75) is 0 Å². The standard InChI is InChI=1S/C14H10N2O3S/c15-13(16)11-6-8-3-4-9(7-10(8)19-11)18-14(17)12-2-1-5-20-12/h1-7H,(H3,15,16). The molecule has 0 bridgehead atoms. The second-order valence-electron chi connectivity index (χ2n) is 4.09. The number of ether oxygens (including phenoxy) is 1. The van der Waals surface area contributed by atoms with Gasteiger partial charge in [-0.3, -0.25) is 5.41 Å². The lowest BCUT2D eigenvalue weighted by Crippen LogP contribution is -2.09. The summed E-state index contributed by atoms with van der Waals surface area (Å²) in [5, 5.41) is 9.94. The number of thiophene rings is 1. The van der Waals surface area contributed by atoms with Gasteiger partial charge in [-0.15, -0.1) is 11.3 Å². The van der Waals surface area contributed by atoms with Gasteiger partial charge in [0.2, 0.25) is 0 Å². The molecule has 2 aromatic heterocycles. The number of nitrogens with one attached hydrogen (secondary N) is 1. The van der Waals surface area contributed by atoms with Crippen LogP contribution >= 0.6 is 11.3 Å². The topological polar surface area (TPSA) is 89.3 Å². The third kappa shape index (κ3) is 2.28. The minimum Gasteiger partial charge on any atom is -0.453 e. The number of esters is 1. The number of carbonyl (C=O) groups excluding carboxylic acids is 1. The van der Waals surface area contributed by atoms with Crippen molar-refractivity contribution in [3.05, 3.63) is 52.4 Å². The van der Waals surface area contributed by atoms with E-state index in [1.165, 1.54) is 11.3 Å². The Morgan fingerprint density at radius 3 is 2.85 bits per heavy atom. The molecule has 2 heterocycles. The van der Waals surface area contributed by atoms with Crippen LogP contribution in [0.1, 0.15) is 15.4 Å². The zero-order chi connectivity index (χ0) is 14.1. The summed E-state index contributed by atoms with van der Waals surface area (Å²) < 4.78 is 10.7. The number of nitrogens with two attached hydrogens (primary N) is 1. The Kier molecular flexibility index (Phi) is 3.00. The lowest BCUT2D eigenvalue weighted by Gasteiger charge is -2.01. The van der Waals surface area contributed by atoms with E-state index in [2.05, 4.69) is 0 Å². The van der Waals surface area contributed by atoms with Gasteiger partial charge in [-0.1, -0.05) is 6.07 Å². The first-order valence-electron chi connectivity index (χ1n) is 5.77. The molecule has 3 N–H and O–H groups in total. The first kappa shape index (κ1) is 12.4. The summed E-state index contributed by atoms with van der Waals surface area (Å²) in [4.78, 5) is 12.4. The molecular formula is C14H10N2O3S. The van der Waals surface area contributed by atoms with Crippen molar-refractivity contribution >= 4 is 34.1 Å². The number of rotatable bonds is 3. The van der Waals surface area contributed by atoms with E-state index in [0.717, 1.165) is 5.39 Å². The number of hydrogen-bond donors (Lipinski definition) is 2. The highest BCUT2D eigenvalue weighted by Gasteiger charge is 2.11. The minimum atomic E-state index is -0.405. The van der Waals surface area contributed by atoms with Crippen LogP contribution in [0, 0.1) is 5.41 Å². The number of fused-ring (bicyclic) bond motifs is 1. The summed E-state index contributed by atoms with van der Waals surface area (Å²) in [5.74, 6) is 0.137. The molecule has 0 spiro atoms. The molecule has 0 aliphatic carbocycles. The first-order chi connectivity index (χ1) is 9.63. The number of benzene rings is 1.